The van der Waals surface area contributed by atoms with E-state index in [2.05, 4.69) is 22.5 Å². The van der Waals surface area contributed by atoms with Gasteiger partial charge in [0.05, 0.1) is 13.2 Å². The van der Waals surface area contributed by atoms with Crippen LogP contribution in [0, 0.1) is 11.6 Å². The number of ether oxygens (including phenoxy) is 1. The van der Waals surface area contributed by atoms with Gasteiger partial charge in [0, 0.05) is 11.0 Å². The van der Waals surface area contributed by atoms with Crippen LogP contribution in [0.1, 0.15) is 12.5 Å². The highest BCUT2D eigenvalue weighted by Crippen LogP contribution is 2.21. The molecule has 0 unspecified atom stereocenters. The number of nitrogens with zero attached hydrogens (tertiary/aromatic N) is 1. The summed E-state index contributed by atoms with van der Waals surface area (Å²) < 4.78 is 31.6. The maximum absolute atomic E-state index is 12.9. The lowest BCUT2D eigenvalue weighted by Crippen LogP contribution is -2.18. The summed E-state index contributed by atoms with van der Waals surface area (Å²) in [5.41, 5.74) is 0.609. The first-order valence-corrected chi connectivity index (χ1v) is 6.64. The molecule has 0 saturated heterocycles. The van der Waals surface area contributed by atoms with Crippen molar-refractivity contribution in [2.75, 3.05) is 27.2 Å². The van der Waals surface area contributed by atoms with Crippen LogP contribution in [0.3, 0.4) is 0 Å². The molecule has 2 nitrogen and oxygen atoms in total. The fourth-order valence-corrected chi connectivity index (χ4v) is 1.53. The molecule has 5 heteroatoms. The average Bonchev–Trinajstić information content (AvgIpc) is 2.31. The molecule has 0 fully saturated rings. The van der Waals surface area contributed by atoms with Gasteiger partial charge in [0.25, 0.3) is 0 Å². The Balaban J connectivity index is 0.000000982. The minimum Gasteiger partial charge on any atom is -0.375 e. The zero-order chi connectivity index (χ0) is 14.8. The first kappa shape index (κ1) is 18.2. The predicted molar refractivity (Wildman–Crippen MR) is 78.1 cm³/mol. The molecule has 0 atom stereocenters. The third-order valence-corrected chi connectivity index (χ3v) is 2.77. The number of benzene rings is 1. The number of hydrogen-bond donors (Lipinski definition) is 0. The first-order chi connectivity index (χ1) is 8.92. The van der Waals surface area contributed by atoms with Crippen molar-refractivity contribution in [3.05, 3.63) is 46.5 Å². The quantitative estimate of drug-likeness (QED) is 0.458. The van der Waals surface area contributed by atoms with E-state index in [1.54, 1.807) is 6.08 Å². The van der Waals surface area contributed by atoms with Gasteiger partial charge in [-0.15, -0.1) is 6.58 Å². The van der Waals surface area contributed by atoms with Crippen LogP contribution in [0.5, 0.6) is 0 Å². The van der Waals surface area contributed by atoms with E-state index in [9.17, 15) is 8.78 Å². The monoisotopic (exact) mass is 335 g/mol. The Bertz CT molecular complexity index is 397. The van der Waals surface area contributed by atoms with E-state index in [1.807, 2.05) is 25.9 Å². The van der Waals surface area contributed by atoms with Gasteiger partial charge in [0.2, 0.25) is 0 Å². The zero-order valence-electron chi connectivity index (χ0n) is 11.5. The fourth-order valence-electron chi connectivity index (χ4n) is 1.10. The Kier molecular flexibility index (Phi) is 9.65. The van der Waals surface area contributed by atoms with Gasteiger partial charge in [0.15, 0.2) is 11.6 Å². The molecule has 0 aliphatic carbocycles. The Morgan fingerprint density at radius 2 is 1.84 bits per heavy atom. The Morgan fingerprint density at radius 3 is 2.37 bits per heavy atom. The van der Waals surface area contributed by atoms with Gasteiger partial charge in [-0.2, -0.15) is 0 Å². The highest BCUT2D eigenvalue weighted by atomic mass is 79.9. The largest absolute Gasteiger partial charge is 0.375 e. The summed E-state index contributed by atoms with van der Waals surface area (Å²) in [6.45, 7) is 6.87. The van der Waals surface area contributed by atoms with Crippen LogP contribution in [0.25, 0.3) is 0 Å². The standard InChI is InChI=1S/C11H14BrF2NO.C3H6/c1-15(2)3-4-16-7-8-5-10(13)11(14)6-9(8)12;1-3-2/h5-6H,3-4,7H2,1-2H3;3H,1H2,2H3. The predicted octanol–water partition coefficient (Wildman–Crippen LogP) is 4.00. The molecule has 1 aromatic rings. The second-order valence-electron chi connectivity index (χ2n) is 4.12. The number of rotatable bonds is 5. The van der Waals surface area contributed by atoms with E-state index in [4.69, 9.17) is 4.74 Å². The van der Waals surface area contributed by atoms with Crippen molar-refractivity contribution in [2.24, 2.45) is 0 Å². The summed E-state index contributed by atoms with van der Waals surface area (Å²) in [5, 5.41) is 0. The van der Waals surface area contributed by atoms with Crippen LogP contribution in [0.2, 0.25) is 0 Å². The molecule has 1 aromatic carbocycles. The molecule has 0 N–H and O–H groups in total. The molecular weight excluding hydrogens is 316 g/mol. The topological polar surface area (TPSA) is 12.5 Å². The van der Waals surface area contributed by atoms with Crippen molar-refractivity contribution in [3.63, 3.8) is 0 Å². The van der Waals surface area contributed by atoms with Crippen LogP contribution in [0.15, 0.2) is 29.3 Å². The lowest BCUT2D eigenvalue weighted by atomic mass is 10.2. The molecule has 0 aromatic heterocycles. The highest BCUT2D eigenvalue weighted by Gasteiger charge is 2.07. The lowest BCUT2D eigenvalue weighted by molar-refractivity contribution is 0.105. The van der Waals surface area contributed by atoms with Gasteiger partial charge in [-0.05, 0) is 38.7 Å². The molecule has 0 amide bonds. The SMILES string of the molecule is C=CC.CN(C)CCOCc1cc(F)c(F)cc1Br. The fraction of sp³-hybridized carbons (Fsp3) is 0.429. The third-order valence-electron chi connectivity index (χ3n) is 2.03. The number of allylic oxidation sites excluding steroid dienone is 1. The molecule has 0 spiro atoms. The van der Waals surface area contributed by atoms with Gasteiger partial charge < -0.3 is 9.64 Å². The zero-order valence-corrected chi connectivity index (χ0v) is 13.1. The van der Waals surface area contributed by atoms with Crippen molar-refractivity contribution in [1.29, 1.82) is 0 Å². The summed E-state index contributed by atoms with van der Waals surface area (Å²) in [6, 6.07) is 2.26. The molecule has 0 aliphatic heterocycles. The highest BCUT2D eigenvalue weighted by molar-refractivity contribution is 9.10. The molecule has 1 rings (SSSR count). The van der Waals surface area contributed by atoms with Crippen LogP contribution in [0.4, 0.5) is 8.78 Å². The van der Waals surface area contributed by atoms with E-state index in [0.717, 1.165) is 18.7 Å². The Labute approximate surface area is 122 Å². The molecule has 19 heavy (non-hydrogen) atoms. The maximum atomic E-state index is 12.9. The summed E-state index contributed by atoms with van der Waals surface area (Å²) in [7, 11) is 3.88. The van der Waals surface area contributed by atoms with Gasteiger partial charge in [-0.25, -0.2) is 8.78 Å². The van der Waals surface area contributed by atoms with Crippen molar-refractivity contribution in [1.82, 2.24) is 4.90 Å². The van der Waals surface area contributed by atoms with Crippen LogP contribution in [-0.2, 0) is 11.3 Å². The van der Waals surface area contributed by atoms with Crippen LogP contribution >= 0.6 is 15.9 Å². The Morgan fingerprint density at radius 1 is 1.32 bits per heavy atom. The van der Waals surface area contributed by atoms with E-state index in [-0.39, 0.29) is 6.61 Å². The summed E-state index contributed by atoms with van der Waals surface area (Å²) >= 11 is 3.17. The molecule has 108 valence electrons. The van der Waals surface area contributed by atoms with Crippen molar-refractivity contribution < 1.29 is 13.5 Å². The van der Waals surface area contributed by atoms with Gasteiger partial charge in [-0.3, -0.25) is 0 Å². The molecular formula is C14H20BrF2NO. The normalized spacial score (nSPS) is 10.1. The molecule has 0 bridgehead atoms. The van der Waals surface area contributed by atoms with Gasteiger partial charge in [0.1, 0.15) is 0 Å². The first-order valence-electron chi connectivity index (χ1n) is 5.85. The number of likely N-dealkylation sites (N-methyl/N-ethyl adjacent to an activating group) is 1. The van der Waals surface area contributed by atoms with Crippen molar-refractivity contribution in [3.8, 4) is 0 Å². The average molecular weight is 336 g/mol. The number of hydrogen-bond acceptors (Lipinski definition) is 2. The lowest BCUT2D eigenvalue weighted by Gasteiger charge is -2.10. The third kappa shape index (κ3) is 8.08. The minimum atomic E-state index is -0.857. The minimum absolute atomic E-state index is 0.269. The van der Waals surface area contributed by atoms with E-state index >= 15 is 0 Å². The molecule has 0 heterocycles. The number of halogens is 3. The summed E-state index contributed by atoms with van der Waals surface area (Å²) in [6.07, 6.45) is 1.75. The van der Waals surface area contributed by atoms with Crippen LogP contribution in [-0.4, -0.2) is 32.1 Å². The van der Waals surface area contributed by atoms with Crippen molar-refractivity contribution in [2.45, 2.75) is 13.5 Å². The maximum Gasteiger partial charge on any atom is 0.159 e. The van der Waals surface area contributed by atoms with E-state index < -0.39 is 11.6 Å². The van der Waals surface area contributed by atoms with Crippen molar-refractivity contribution >= 4 is 15.9 Å². The molecule has 0 saturated carbocycles. The molecule has 0 radical (unpaired) electrons. The summed E-state index contributed by atoms with van der Waals surface area (Å²) in [5.74, 6) is -1.71. The van der Waals surface area contributed by atoms with E-state index in [0.29, 0.717) is 16.6 Å². The Hall–Kier alpha value is -0.780. The van der Waals surface area contributed by atoms with Gasteiger partial charge in [-0.1, -0.05) is 22.0 Å². The van der Waals surface area contributed by atoms with Crippen LogP contribution < -0.4 is 0 Å². The van der Waals surface area contributed by atoms with Gasteiger partial charge >= 0.3 is 0 Å². The summed E-state index contributed by atoms with van der Waals surface area (Å²) in [4.78, 5) is 1.99. The molecule has 0 aliphatic rings. The second kappa shape index (κ2) is 10.1. The second-order valence-corrected chi connectivity index (χ2v) is 4.98. The van der Waals surface area contributed by atoms with E-state index in [1.165, 1.54) is 0 Å². The smallest absolute Gasteiger partial charge is 0.159 e.